The monoisotopic (exact) mass is 340 g/mol. The molecule has 0 saturated heterocycles. The minimum Gasteiger partial charge on any atom is -0.406 e. The van der Waals surface area contributed by atoms with Crippen molar-refractivity contribution in [2.24, 2.45) is 0 Å². The van der Waals surface area contributed by atoms with Crippen molar-refractivity contribution in [2.75, 3.05) is 7.05 Å². The molecule has 1 N–H and O–H groups in total. The van der Waals surface area contributed by atoms with E-state index in [1.807, 2.05) is 0 Å². The first-order valence-electron chi connectivity index (χ1n) is 6.57. The maximum absolute atomic E-state index is 12.2. The molecule has 5 nitrogen and oxygen atoms in total. The Morgan fingerprint density at radius 2 is 1.91 bits per heavy atom. The van der Waals surface area contributed by atoms with Crippen LogP contribution < -0.4 is 10.1 Å². The molecule has 0 atom stereocenters. The van der Waals surface area contributed by atoms with Gasteiger partial charge >= 0.3 is 6.36 Å². The first kappa shape index (κ1) is 15.6. The van der Waals surface area contributed by atoms with Gasteiger partial charge in [-0.3, -0.25) is 0 Å². The van der Waals surface area contributed by atoms with Crippen LogP contribution in [0.2, 0.25) is 0 Å². The normalized spacial score (nSPS) is 11.8. The van der Waals surface area contributed by atoms with Crippen LogP contribution in [-0.4, -0.2) is 28.4 Å². The molecule has 0 fully saturated rings. The zero-order valence-electron chi connectivity index (χ0n) is 11.9. The van der Waals surface area contributed by atoms with Gasteiger partial charge in [-0.25, -0.2) is 15.0 Å². The number of hydrogen-bond acceptors (Lipinski definition) is 6. The van der Waals surface area contributed by atoms with E-state index in [2.05, 4.69) is 25.0 Å². The van der Waals surface area contributed by atoms with Gasteiger partial charge in [0.05, 0.1) is 12.1 Å². The summed E-state index contributed by atoms with van der Waals surface area (Å²) in [6.45, 7) is 0.482. The summed E-state index contributed by atoms with van der Waals surface area (Å²) in [5.41, 5.74) is 3.52. The van der Waals surface area contributed by atoms with Crippen molar-refractivity contribution < 1.29 is 17.9 Å². The van der Waals surface area contributed by atoms with Gasteiger partial charge in [-0.15, -0.1) is 24.5 Å². The highest BCUT2D eigenvalue weighted by Crippen LogP contribution is 2.30. The summed E-state index contributed by atoms with van der Waals surface area (Å²) in [7, 11) is 1.78. The lowest BCUT2D eigenvalue weighted by atomic mass is 10.1. The first-order chi connectivity index (χ1) is 11.0. The second-order valence-electron chi connectivity index (χ2n) is 4.60. The van der Waals surface area contributed by atoms with Gasteiger partial charge in [-0.1, -0.05) is 0 Å². The quantitative estimate of drug-likeness (QED) is 0.789. The highest BCUT2D eigenvalue weighted by Gasteiger charge is 2.31. The van der Waals surface area contributed by atoms with Crippen LogP contribution in [0.1, 0.15) is 5.82 Å². The molecule has 23 heavy (non-hydrogen) atoms. The molecule has 0 bridgehead atoms. The van der Waals surface area contributed by atoms with Crippen LogP contribution in [0.25, 0.3) is 21.6 Å². The van der Waals surface area contributed by atoms with Gasteiger partial charge in [-0.2, -0.15) is 0 Å². The Balaban J connectivity index is 2.00. The van der Waals surface area contributed by atoms with Crippen molar-refractivity contribution in [3.8, 4) is 17.0 Å². The lowest BCUT2D eigenvalue weighted by Gasteiger charge is -2.09. The van der Waals surface area contributed by atoms with E-state index < -0.39 is 6.36 Å². The fraction of sp³-hybridized carbons (Fsp3) is 0.214. The predicted octanol–water partition coefficient (Wildman–Crippen LogP) is 3.37. The third-order valence-corrected chi connectivity index (χ3v) is 3.66. The molecule has 1 aromatic carbocycles. The van der Waals surface area contributed by atoms with Crippen LogP contribution in [-0.2, 0) is 6.54 Å². The Morgan fingerprint density at radius 3 is 2.57 bits per heavy atom. The van der Waals surface area contributed by atoms with E-state index in [4.69, 9.17) is 0 Å². The third kappa shape index (κ3) is 3.57. The number of fused-ring (bicyclic) bond motifs is 1. The van der Waals surface area contributed by atoms with Crippen LogP contribution in [0, 0.1) is 0 Å². The van der Waals surface area contributed by atoms with E-state index in [0.717, 1.165) is 4.83 Å². The maximum Gasteiger partial charge on any atom is 0.573 e. The van der Waals surface area contributed by atoms with E-state index in [-0.39, 0.29) is 5.75 Å². The summed E-state index contributed by atoms with van der Waals surface area (Å²) in [6.07, 6.45) is -4.71. The number of halogens is 3. The number of thiazole rings is 1. The molecule has 0 radical (unpaired) electrons. The zero-order valence-corrected chi connectivity index (χ0v) is 12.7. The van der Waals surface area contributed by atoms with E-state index in [1.165, 1.54) is 35.6 Å². The smallest absolute Gasteiger partial charge is 0.406 e. The van der Waals surface area contributed by atoms with Crippen LogP contribution >= 0.6 is 11.3 Å². The van der Waals surface area contributed by atoms with Crippen molar-refractivity contribution in [3.63, 3.8) is 0 Å². The number of ether oxygens (including phenoxy) is 1. The number of hydrogen-bond donors (Lipinski definition) is 1. The number of alkyl halides is 3. The molecule has 0 saturated carbocycles. The van der Waals surface area contributed by atoms with E-state index in [1.54, 1.807) is 12.6 Å². The molecule has 0 unspecified atom stereocenters. The van der Waals surface area contributed by atoms with Gasteiger partial charge in [0, 0.05) is 5.56 Å². The summed E-state index contributed by atoms with van der Waals surface area (Å²) >= 11 is 1.38. The molecular formula is C14H11F3N4OS. The van der Waals surface area contributed by atoms with E-state index in [9.17, 15) is 13.2 Å². The van der Waals surface area contributed by atoms with Crippen LogP contribution in [0.3, 0.4) is 0 Å². The minimum absolute atomic E-state index is 0.278. The standard InChI is InChI=1S/C14H11F3N4OS/c1-18-6-10-20-11(12-13(21-10)23-7-19-12)8-2-4-9(5-3-8)22-14(15,16)17/h2-5,7,18H,6H2,1H3. The minimum atomic E-state index is -4.71. The van der Waals surface area contributed by atoms with Gasteiger partial charge in [0.1, 0.15) is 27.6 Å². The molecule has 0 aliphatic heterocycles. The van der Waals surface area contributed by atoms with Gasteiger partial charge < -0.3 is 10.1 Å². The Bertz CT molecular complexity index is 817. The van der Waals surface area contributed by atoms with E-state index in [0.29, 0.717) is 29.1 Å². The topological polar surface area (TPSA) is 59.9 Å². The summed E-state index contributed by atoms with van der Waals surface area (Å²) in [5.74, 6) is 0.315. The van der Waals surface area contributed by atoms with Crippen molar-refractivity contribution in [2.45, 2.75) is 12.9 Å². The van der Waals surface area contributed by atoms with Crippen molar-refractivity contribution >= 4 is 21.7 Å². The second kappa shape index (κ2) is 6.09. The number of rotatable bonds is 4. The predicted molar refractivity (Wildman–Crippen MR) is 80.1 cm³/mol. The van der Waals surface area contributed by atoms with Gasteiger partial charge in [0.2, 0.25) is 0 Å². The third-order valence-electron chi connectivity index (χ3n) is 2.94. The van der Waals surface area contributed by atoms with Crippen molar-refractivity contribution in [3.05, 3.63) is 35.6 Å². The summed E-state index contributed by atoms with van der Waals surface area (Å²) in [4.78, 5) is 13.8. The molecule has 0 spiro atoms. The second-order valence-corrected chi connectivity index (χ2v) is 5.43. The van der Waals surface area contributed by atoms with Crippen LogP contribution in [0.4, 0.5) is 13.2 Å². The van der Waals surface area contributed by atoms with Gasteiger partial charge in [0.25, 0.3) is 0 Å². The molecule has 3 rings (SSSR count). The zero-order chi connectivity index (χ0) is 16.4. The molecule has 0 amide bonds. The number of benzene rings is 1. The molecule has 0 aliphatic rings. The number of nitrogens with zero attached hydrogens (tertiary/aromatic N) is 3. The highest BCUT2D eigenvalue weighted by atomic mass is 32.1. The fourth-order valence-corrected chi connectivity index (χ4v) is 2.74. The fourth-order valence-electron chi connectivity index (χ4n) is 2.06. The summed E-state index contributed by atoms with van der Waals surface area (Å²) < 4.78 is 40.5. The van der Waals surface area contributed by atoms with Crippen molar-refractivity contribution in [1.82, 2.24) is 20.3 Å². The van der Waals surface area contributed by atoms with Crippen LogP contribution in [0.15, 0.2) is 29.8 Å². The van der Waals surface area contributed by atoms with Gasteiger partial charge in [-0.05, 0) is 31.3 Å². The SMILES string of the molecule is CNCc1nc(-c2ccc(OC(F)(F)F)cc2)c2ncsc2n1. The molecule has 0 aliphatic carbocycles. The highest BCUT2D eigenvalue weighted by molar-refractivity contribution is 7.16. The Kier molecular flexibility index (Phi) is 4.14. The maximum atomic E-state index is 12.2. The molecule has 2 heterocycles. The lowest BCUT2D eigenvalue weighted by Crippen LogP contribution is -2.16. The number of nitrogens with one attached hydrogen (secondary N) is 1. The summed E-state index contributed by atoms with van der Waals surface area (Å²) in [5, 5.41) is 2.97. The van der Waals surface area contributed by atoms with Crippen molar-refractivity contribution in [1.29, 1.82) is 0 Å². The molecule has 3 aromatic rings. The van der Waals surface area contributed by atoms with E-state index >= 15 is 0 Å². The largest absolute Gasteiger partial charge is 0.573 e. The van der Waals surface area contributed by atoms with Crippen LogP contribution in [0.5, 0.6) is 5.75 Å². The average molecular weight is 340 g/mol. The average Bonchev–Trinajstić information content (AvgIpc) is 2.94. The van der Waals surface area contributed by atoms with Gasteiger partial charge in [0.15, 0.2) is 0 Å². The lowest BCUT2D eigenvalue weighted by molar-refractivity contribution is -0.274. The first-order valence-corrected chi connectivity index (χ1v) is 7.45. The Morgan fingerprint density at radius 1 is 1.17 bits per heavy atom. The number of aromatic nitrogens is 3. The summed E-state index contributed by atoms with van der Waals surface area (Å²) in [6, 6.07) is 5.54. The molecule has 9 heteroatoms. The Labute approximate surface area is 133 Å². The molecule has 2 aromatic heterocycles. The molecule has 120 valence electrons. The Hall–Kier alpha value is -2.26. The molecular weight excluding hydrogens is 329 g/mol.